The number of fused-ring (bicyclic) bond motifs is 2. The second kappa shape index (κ2) is 13.2. The van der Waals surface area contributed by atoms with Crippen molar-refractivity contribution in [3.63, 3.8) is 0 Å². The first kappa shape index (κ1) is 28.7. The van der Waals surface area contributed by atoms with Gasteiger partial charge in [-0.15, -0.1) is 0 Å². The number of benzene rings is 4. The molecule has 0 amide bonds. The van der Waals surface area contributed by atoms with E-state index in [0.29, 0.717) is 7.25 Å². The standard InChI is InChI=1S/2C17H15.CH2.2ClH.Zr/c2*1-2-6-14(7-3-1)10-11-16-13-12-15-8-4-5-9-17(15)16;;;;/h2*1-9,12-13H,10-11H2;1H2;2*1H;/q;;;;;+2/p-2. The van der Waals surface area contributed by atoms with E-state index >= 15 is 0 Å². The summed E-state index contributed by atoms with van der Waals surface area (Å²) in [7, 11) is 0. The average molecular weight is 615 g/mol. The normalized spacial score (nSPS) is 16.6. The number of hydrogen-bond donors (Lipinski definition) is 0. The van der Waals surface area contributed by atoms with E-state index in [1.54, 1.807) is 0 Å². The van der Waals surface area contributed by atoms with E-state index in [4.69, 9.17) is 4.21 Å². The largest absolute Gasteiger partial charge is 1.00 e. The Morgan fingerprint density at radius 1 is 0.474 bits per heavy atom. The van der Waals surface area contributed by atoms with Gasteiger partial charge in [0, 0.05) is 0 Å². The van der Waals surface area contributed by atoms with Crippen molar-refractivity contribution in [1.82, 2.24) is 0 Å². The molecule has 0 fully saturated rings. The zero-order valence-electron chi connectivity index (χ0n) is 21.5. The van der Waals surface area contributed by atoms with Crippen LogP contribution in [0.3, 0.4) is 0 Å². The van der Waals surface area contributed by atoms with Gasteiger partial charge in [0.25, 0.3) is 0 Å². The summed E-state index contributed by atoms with van der Waals surface area (Å²) in [6, 6.07) is 40.1. The molecular weight excluding hydrogens is 583 g/mol. The van der Waals surface area contributed by atoms with E-state index in [-0.39, 0.29) is 24.8 Å². The van der Waals surface area contributed by atoms with Gasteiger partial charge in [-0.3, -0.25) is 0 Å². The molecule has 0 spiro atoms. The fourth-order valence-electron chi connectivity index (χ4n) is 5.97. The maximum absolute atomic E-state index is 5.01. The molecule has 0 radical (unpaired) electrons. The third-order valence-electron chi connectivity index (χ3n) is 7.87. The first-order chi connectivity index (χ1) is 17.8. The van der Waals surface area contributed by atoms with Gasteiger partial charge >= 0.3 is 224 Å². The Kier molecular flexibility index (Phi) is 9.94. The van der Waals surface area contributed by atoms with Gasteiger partial charge in [-0.1, -0.05) is 0 Å². The molecule has 38 heavy (non-hydrogen) atoms. The van der Waals surface area contributed by atoms with Gasteiger partial charge in [-0.05, 0) is 0 Å². The predicted molar refractivity (Wildman–Crippen MR) is 151 cm³/mol. The Labute approximate surface area is 247 Å². The first-order valence-corrected chi connectivity index (χ1v) is 17.7. The van der Waals surface area contributed by atoms with Gasteiger partial charge in [0.2, 0.25) is 0 Å². The second-order valence-electron chi connectivity index (χ2n) is 10.1. The molecule has 2 aliphatic carbocycles. The quantitative estimate of drug-likeness (QED) is 0.287. The SMILES string of the molecule is [CH2]=[Zr+2]([CH]1C=C(CCc2ccccc2)c2ccccc21)[CH]1C=C(CCc2ccccc2)c2ccccc21.[Cl-].[Cl-]. The molecular formula is C35H32Cl2Zr. The van der Waals surface area contributed by atoms with Gasteiger partial charge in [0.1, 0.15) is 0 Å². The molecule has 190 valence electrons. The summed E-state index contributed by atoms with van der Waals surface area (Å²) in [4.78, 5) is 0. The summed E-state index contributed by atoms with van der Waals surface area (Å²) in [6.45, 7) is 0. The molecule has 0 bridgehead atoms. The van der Waals surface area contributed by atoms with Crippen LogP contribution in [0, 0.1) is 0 Å². The summed E-state index contributed by atoms with van der Waals surface area (Å²) in [5, 5.41) is 0. The van der Waals surface area contributed by atoms with E-state index in [1.165, 1.54) is 44.5 Å². The maximum Gasteiger partial charge on any atom is -1.00 e. The molecule has 0 aromatic heterocycles. The molecule has 6 rings (SSSR count). The van der Waals surface area contributed by atoms with E-state index in [1.807, 2.05) is 0 Å². The fourth-order valence-corrected chi connectivity index (χ4v) is 12.2. The molecule has 0 nitrogen and oxygen atoms in total. The van der Waals surface area contributed by atoms with Crippen LogP contribution in [0.2, 0.25) is 0 Å². The zero-order chi connectivity index (χ0) is 24.3. The molecule has 4 aromatic rings. The minimum Gasteiger partial charge on any atom is -1.00 e. The minimum atomic E-state index is -2.17. The molecule has 2 unspecified atom stereocenters. The van der Waals surface area contributed by atoms with Crippen molar-refractivity contribution >= 4 is 15.4 Å². The van der Waals surface area contributed by atoms with Crippen LogP contribution in [-0.2, 0) is 34.1 Å². The zero-order valence-corrected chi connectivity index (χ0v) is 25.5. The topological polar surface area (TPSA) is 0 Å². The van der Waals surface area contributed by atoms with Crippen LogP contribution in [0.25, 0.3) is 11.1 Å². The predicted octanol–water partition coefficient (Wildman–Crippen LogP) is 2.59. The number of allylic oxidation sites excluding steroid dienone is 4. The Morgan fingerprint density at radius 2 is 0.842 bits per heavy atom. The van der Waals surface area contributed by atoms with Crippen LogP contribution in [0.15, 0.2) is 121 Å². The summed E-state index contributed by atoms with van der Waals surface area (Å²) >= 11 is -2.17. The third-order valence-corrected chi connectivity index (χ3v) is 14.1. The number of aryl methyl sites for hydroxylation is 2. The van der Waals surface area contributed by atoms with Crippen LogP contribution < -0.4 is 24.8 Å². The molecule has 0 saturated carbocycles. The summed E-state index contributed by atoms with van der Waals surface area (Å²) in [5.41, 5.74) is 11.9. The smallest absolute Gasteiger partial charge is 1.00 e. The van der Waals surface area contributed by atoms with Crippen LogP contribution >= 0.6 is 0 Å². The van der Waals surface area contributed by atoms with Gasteiger partial charge < -0.3 is 24.8 Å². The fraction of sp³-hybridized carbons (Fsp3) is 0.171. The van der Waals surface area contributed by atoms with Crippen LogP contribution in [0.1, 0.15) is 53.5 Å². The molecule has 3 heteroatoms. The van der Waals surface area contributed by atoms with Crippen molar-refractivity contribution in [2.75, 3.05) is 0 Å². The van der Waals surface area contributed by atoms with Crippen LogP contribution in [-0.4, -0.2) is 4.21 Å². The summed E-state index contributed by atoms with van der Waals surface area (Å²) < 4.78 is 6.09. The van der Waals surface area contributed by atoms with Gasteiger partial charge in [-0.25, -0.2) is 0 Å². The number of hydrogen-bond acceptors (Lipinski definition) is 0. The Bertz CT molecular complexity index is 1340. The average Bonchev–Trinajstić information content (AvgIpc) is 3.50. The van der Waals surface area contributed by atoms with E-state index in [0.717, 1.165) is 25.7 Å². The maximum atomic E-state index is 5.01. The van der Waals surface area contributed by atoms with Crippen molar-refractivity contribution < 1.29 is 46.1 Å². The van der Waals surface area contributed by atoms with Gasteiger partial charge in [0.05, 0.1) is 0 Å². The molecule has 2 aliphatic rings. The molecule has 0 saturated heterocycles. The van der Waals surface area contributed by atoms with Crippen LogP contribution in [0.4, 0.5) is 0 Å². The molecule has 4 aromatic carbocycles. The van der Waals surface area contributed by atoms with E-state index in [9.17, 15) is 0 Å². The van der Waals surface area contributed by atoms with Gasteiger partial charge in [0.15, 0.2) is 0 Å². The third kappa shape index (κ3) is 5.97. The van der Waals surface area contributed by atoms with E-state index < -0.39 is 21.3 Å². The summed E-state index contributed by atoms with van der Waals surface area (Å²) in [5.74, 6) is 0. The van der Waals surface area contributed by atoms with Crippen molar-refractivity contribution in [3.8, 4) is 0 Å². The summed E-state index contributed by atoms with van der Waals surface area (Å²) in [6.07, 6.45) is 9.64. The van der Waals surface area contributed by atoms with Gasteiger partial charge in [-0.2, -0.15) is 0 Å². The van der Waals surface area contributed by atoms with E-state index in [2.05, 4.69) is 121 Å². The monoisotopic (exact) mass is 612 g/mol. The molecule has 0 N–H and O–H groups in total. The Hall–Kier alpha value is -2.31. The van der Waals surface area contributed by atoms with Crippen LogP contribution in [0.5, 0.6) is 0 Å². The Morgan fingerprint density at radius 3 is 1.26 bits per heavy atom. The van der Waals surface area contributed by atoms with Crippen molar-refractivity contribution in [1.29, 1.82) is 0 Å². The number of rotatable bonds is 8. The molecule has 0 heterocycles. The molecule has 2 atom stereocenters. The van der Waals surface area contributed by atoms with Crippen molar-refractivity contribution in [3.05, 3.63) is 155 Å². The second-order valence-corrected chi connectivity index (χ2v) is 15.9. The van der Waals surface area contributed by atoms with Crippen molar-refractivity contribution in [2.24, 2.45) is 0 Å². The molecule has 0 aliphatic heterocycles. The van der Waals surface area contributed by atoms with Crippen molar-refractivity contribution in [2.45, 2.75) is 32.9 Å². The Balaban J connectivity index is 0.00000168. The number of halogens is 2. The minimum absolute atomic E-state index is 0. The first-order valence-electron chi connectivity index (χ1n) is 13.1.